The Hall–Kier alpha value is -3.12. The molecule has 29 heavy (non-hydrogen) atoms. The van der Waals surface area contributed by atoms with Crippen molar-refractivity contribution in [2.45, 2.75) is 33.9 Å². The minimum Gasteiger partial charge on any atom is -0.327 e. The van der Waals surface area contributed by atoms with Gasteiger partial charge in [0.15, 0.2) is 0 Å². The van der Waals surface area contributed by atoms with Gasteiger partial charge in [-0.3, -0.25) is 4.79 Å². The lowest BCUT2D eigenvalue weighted by molar-refractivity contribution is 0.0754. The molecule has 1 aliphatic heterocycles. The summed E-state index contributed by atoms with van der Waals surface area (Å²) in [6.07, 6.45) is 4.06. The number of rotatable bonds is 3. The molecule has 1 aliphatic rings. The largest absolute Gasteiger partial charge is 0.327 e. The van der Waals surface area contributed by atoms with Gasteiger partial charge in [-0.1, -0.05) is 6.07 Å². The van der Waals surface area contributed by atoms with Gasteiger partial charge in [-0.15, -0.1) is 11.3 Å². The zero-order valence-corrected chi connectivity index (χ0v) is 17.5. The number of hydrogen-bond donors (Lipinski definition) is 0. The van der Waals surface area contributed by atoms with Crippen LogP contribution in [0.25, 0.3) is 11.5 Å². The van der Waals surface area contributed by atoms with E-state index in [1.165, 1.54) is 22.5 Å². The molecule has 146 valence electrons. The molecule has 0 aliphatic carbocycles. The number of amides is 1. The zero-order chi connectivity index (χ0) is 20.1. The van der Waals surface area contributed by atoms with E-state index in [9.17, 15) is 4.79 Å². The molecule has 0 saturated carbocycles. The number of benzene rings is 1. The van der Waals surface area contributed by atoms with Crippen LogP contribution in [0.4, 0.5) is 0 Å². The van der Waals surface area contributed by atoms with Crippen molar-refractivity contribution in [3.05, 3.63) is 87.0 Å². The van der Waals surface area contributed by atoms with E-state index in [0.29, 0.717) is 13.1 Å². The van der Waals surface area contributed by atoms with E-state index in [1.807, 2.05) is 52.5 Å². The number of thiophene rings is 1. The minimum atomic E-state index is 0.0808. The van der Waals surface area contributed by atoms with Crippen molar-refractivity contribution in [1.29, 1.82) is 0 Å². The Kier molecular flexibility index (Phi) is 4.17. The molecular formula is C23H22N4OS. The predicted molar refractivity (Wildman–Crippen MR) is 115 cm³/mol. The molecule has 5 nitrogen and oxygen atoms in total. The van der Waals surface area contributed by atoms with E-state index in [-0.39, 0.29) is 5.91 Å². The summed E-state index contributed by atoms with van der Waals surface area (Å²) in [5, 5.41) is 6.95. The topological polar surface area (TPSA) is 43.1 Å². The molecule has 3 aromatic heterocycles. The van der Waals surface area contributed by atoms with E-state index in [1.54, 1.807) is 0 Å². The summed E-state index contributed by atoms with van der Waals surface area (Å²) in [4.78, 5) is 15.6. The van der Waals surface area contributed by atoms with E-state index in [0.717, 1.165) is 33.2 Å². The van der Waals surface area contributed by atoms with E-state index >= 15 is 0 Å². The summed E-state index contributed by atoms with van der Waals surface area (Å²) in [5.74, 6) is 1.09. The molecule has 0 spiro atoms. The van der Waals surface area contributed by atoms with E-state index in [2.05, 4.69) is 36.6 Å². The Morgan fingerprint density at radius 3 is 2.52 bits per heavy atom. The average molecular weight is 403 g/mol. The van der Waals surface area contributed by atoms with Crippen LogP contribution in [0.3, 0.4) is 0 Å². The van der Waals surface area contributed by atoms with E-state index in [4.69, 9.17) is 5.10 Å². The molecule has 5 rings (SSSR count). The monoisotopic (exact) mass is 402 g/mol. The molecule has 1 aromatic carbocycles. The summed E-state index contributed by atoms with van der Waals surface area (Å²) in [6, 6.07) is 12.4. The predicted octanol–water partition coefficient (Wildman–Crippen LogP) is 4.81. The minimum absolute atomic E-state index is 0.0808. The molecule has 0 atom stereocenters. The third kappa shape index (κ3) is 3.00. The average Bonchev–Trinajstić information content (AvgIpc) is 3.46. The molecule has 0 unspecified atom stereocenters. The quantitative estimate of drug-likeness (QED) is 0.494. The van der Waals surface area contributed by atoms with Gasteiger partial charge in [0.1, 0.15) is 5.82 Å². The maximum absolute atomic E-state index is 13.0. The Bertz CT molecular complexity index is 1220. The van der Waals surface area contributed by atoms with Crippen molar-refractivity contribution in [3.8, 4) is 11.5 Å². The lowest BCUT2D eigenvalue weighted by Crippen LogP contribution is -2.25. The summed E-state index contributed by atoms with van der Waals surface area (Å²) >= 11 is 1.51. The smallest absolute Gasteiger partial charge is 0.264 e. The first-order valence-corrected chi connectivity index (χ1v) is 10.6. The number of fused-ring (bicyclic) bond motifs is 1. The summed E-state index contributed by atoms with van der Waals surface area (Å²) in [5.41, 5.74) is 6.75. The highest BCUT2D eigenvalue weighted by atomic mass is 32.1. The van der Waals surface area contributed by atoms with Crippen LogP contribution in [0.1, 0.15) is 37.6 Å². The maximum Gasteiger partial charge on any atom is 0.264 e. The molecule has 0 N–H and O–H groups in total. The fraction of sp³-hybridized carbons (Fsp3) is 0.217. The Labute approximate surface area is 173 Å². The van der Waals surface area contributed by atoms with Gasteiger partial charge in [0, 0.05) is 18.0 Å². The second kappa shape index (κ2) is 6.74. The Balaban J connectivity index is 1.56. The van der Waals surface area contributed by atoms with Gasteiger partial charge in [0.2, 0.25) is 0 Å². The van der Waals surface area contributed by atoms with Crippen molar-refractivity contribution >= 4 is 17.2 Å². The van der Waals surface area contributed by atoms with Gasteiger partial charge in [-0.25, -0.2) is 4.68 Å². The number of hydrogen-bond acceptors (Lipinski definition) is 3. The van der Waals surface area contributed by atoms with Crippen LogP contribution in [0.2, 0.25) is 0 Å². The lowest BCUT2D eigenvalue weighted by atomic mass is 10.1. The molecule has 0 fully saturated rings. The van der Waals surface area contributed by atoms with Gasteiger partial charge in [-0.05, 0) is 73.2 Å². The SMILES string of the molecule is Cc1csc(C(=O)N2Cc3nn(-c4ccc(C)c(C)c4)c(-n4cccc4)c3C2)c1. The molecular weight excluding hydrogens is 380 g/mol. The highest BCUT2D eigenvalue weighted by Gasteiger charge is 2.32. The molecule has 1 amide bonds. The highest BCUT2D eigenvalue weighted by molar-refractivity contribution is 7.12. The highest BCUT2D eigenvalue weighted by Crippen LogP contribution is 2.32. The van der Waals surface area contributed by atoms with Crippen molar-refractivity contribution in [2.75, 3.05) is 0 Å². The van der Waals surface area contributed by atoms with Crippen molar-refractivity contribution < 1.29 is 4.79 Å². The molecule has 4 heterocycles. The first-order chi connectivity index (χ1) is 14.0. The molecule has 0 saturated heterocycles. The van der Waals surface area contributed by atoms with Crippen LogP contribution in [-0.2, 0) is 13.1 Å². The lowest BCUT2D eigenvalue weighted by Gasteiger charge is -2.17. The Morgan fingerprint density at radius 1 is 1.03 bits per heavy atom. The van der Waals surface area contributed by atoms with Crippen molar-refractivity contribution in [2.24, 2.45) is 0 Å². The van der Waals surface area contributed by atoms with Gasteiger partial charge in [-0.2, -0.15) is 5.10 Å². The number of carbonyl (C=O) groups is 1. The Morgan fingerprint density at radius 2 is 1.83 bits per heavy atom. The van der Waals surface area contributed by atoms with Gasteiger partial charge < -0.3 is 9.47 Å². The number of carbonyl (C=O) groups excluding carboxylic acids is 1. The fourth-order valence-corrected chi connectivity index (χ4v) is 4.69. The summed E-state index contributed by atoms with van der Waals surface area (Å²) < 4.78 is 4.10. The fourth-order valence-electron chi connectivity index (χ4n) is 3.82. The second-order valence-corrected chi connectivity index (χ2v) is 8.58. The van der Waals surface area contributed by atoms with Crippen LogP contribution in [0.15, 0.2) is 54.2 Å². The first-order valence-electron chi connectivity index (χ1n) is 9.67. The van der Waals surface area contributed by atoms with Crippen molar-refractivity contribution in [1.82, 2.24) is 19.2 Å². The summed E-state index contributed by atoms with van der Waals surface area (Å²) in [6.45, 7) is 7.37. The summed E-state index contributed by atoms with van der Waals surface area (Å²) in [7, 11) is 0. The molecule has 0 radical (unpaired) electrons. The van der Waals surface area contributed by atoms with Crippen LogP contribution in [0.5, 0.6) is 0 Å². The number of nitrogens with zero attached hydrogens (tertiary/aromatic N) is 4. The molecule has 4 aromatic rings. The molecule has 6 heteroatoms. The zero-order valence-electron chi connectivity index (χ0n) is 16.7. The molecule has 0 bridgehead atoms. The third-order valence-electron chi connectivity index (χ3n) is 5.54. The third-order valence-corrected chi connectivity index (χ3v) is 6.58. The maximum atomic E-state index is 13.0. The van der Waals surface area contributed by atoms with Gasteiger partial charge in [0.05, 0.1) is 29.3 Å². The van der Waals surface area contributed by atoms with Crippen LogP contribution < -0.4 is 0 Å². The van der Waals surface area contributed by atoms with Gasteiger partial charge in [0.25, 0.3) is 5.91 Å². The first kappa shape index (κ1) is 17.9. The second-order valence-electron chi connectivity index (χ2n) is 7.67. The van der Waals surface area contributed by atoms with Crippen LogP contribution in [0, 0.1) is 20.8 Å². The number of aromatic nitrogens is 3. The normalized spacial score (nSPS) is 13.1. The number of aryl methyl sites for hydroxylation is 3. The van der Waals surface area contributed by atoms with Crippen LogP contribution in [-0.4, -0.2) is 25.2 Å². The van der Waals surface area contributed by atoms with Gasteiger partial charge >= 0.3 is 0 Å². The van der Waals surface area contributed by atoms with Crippen LogP contribution >= 0.6 is 11.3 Å². The van der Waals surface area contributed by atoms with E-state index < -0.39 is 0 Å². The van der Waals surface area contributed by atoms with Crippen molar-refractivity contribution in [3.63, 3.8) is 0 Å². The standard InChI is InChI=1S/C23H22N4OS/c1-15-10-21(29-14-15)23(28)26-12-19-20(13-26)24-27(22(19)25-8-4-5-9-25)18-7-6-16(2)17(3)11-18/h4-11,14H,12-13H2,1-3H3.